The number of carbonyl (C=O) groups excluding carboxylic acids is 1. The summed E-state index contributed by atoms with van der Waals surface area (Å²) >= 11 is 0. The third-order valence-corrected chi connectivity index (χ3v) is 5.28. The number of aryl methyl sites for hydroxylation is 1. The van der Waals surface area contributed by atoms with Crippen LogP contribution in [0.15, 0.2) is 36.4 Å². The van der Waals surface area contributed by atoms with Gasteiger partial charge in [0.25, 0.3) is 5.91 Å². The molecule has 2 aromatic rings. The molecular weight excluding hydrogens is 393 g/mol. The Morgan fingerprint density at radius 1 is 1.14 bits per heavy atom. The van der Waals surface area contributed by atoms with Crippen molar-refractivity contribution in [2.24, 2.45) is 0 Å². The van der Waals surface area contributed by atoms with Gasteiger partial charge in [0, 0.05) is 17.8 Å². The van der Waals surface area contributed by atoms with Crippen molar-refractivity contribution in [1.29, 1.82) is 0 Å². The first-order valence-corrected chi connectivity index (χ1v) is 10.4. The fourth-order valence-corrected chi connectivity index (χ4v) is 3.88. The minimum absolute atomic E-state index is 0.120. The highest BCUT2D eigenvalue weighted by atomic mass is 32.2. The first-order valence-electron chi connectivity index (χ1n) is 8.46. The Bertz CT molecular complexity index is 1050. The van der Waals surface area contributed by atoms with Crippen molar-refractivity contribution in [3.8, 4) is 11.1 Å². The molecule has 3 rings (SSSR count). The van der Waals surface area contributed by atoms with Crippen molar-refractivity contribution in [3.05, 3.63) is 53.1 Å². The smallest absolute Gasteiger partial charge is 0.322 e. The van der Waals surface area contributed by atoms with Crippen LogP contribution in [-0.2, 0) is 16.6 Å². The maximum Gasteiger partial charge on any atom is 0.408 e. The summed E-state index contributed by atoms with van der Waals surface area (Å²) in [5, 5.41) is 0. The molecule has 1 unspecified atom stereocenters. The van der Waals surface area contributed by atoms with E-state index in [0.29, 0.717) is 33.5 Å². The molecule has 150 valence electrons. The van der Waals surface area contributed by atoms with Crippen LogP contribution in [0.4, 0.5) is 18.9 Å². The van der Waals surface area contributed by atoms with E-state index < -0.39 is 28.1 Å². The SMILES string of the molecule is Cc1cc(-c2cccc(NS(C)(=O)=O)c2)cc2c1C(=O)N(C(C)C(F)(F)F)C2. The molecule has 1 heterocycles. The van der Waals surface area contributed by atoms with Gasteiger partial charge in [-0.05, 0) is 54.3 Å². The lowest BCUT2D eigenvalue weighted by Gasteiger charge is -2.26. The van der Waals surface area contributed by atoms with Gasteiger partial charge in [-0.3, -0.25) is 9.52 Å². The number of hydrogen-bond donors (Lipinski definition) is 1. The van der Waals surface area contributed by atoms with Crippen molar-refractivity contribution in [1.82, 2.24) is 4.90 Å². The van der Waals surface area contributed by atoms with Crippen molar-refractivity contribution in [2.45, 2.75) is 32.6 Å². The van der Waals surface area contributed by atoms with Gasteiger partial charge < -0.3 is 4.90 Å². The number of nitrogens with one attached hydrogen (secondary N) is 1. The first-order chi connectivity index (χ1) is 12.9. The highest BCUT2D eigenvalue weighted by Gasteiger charge is 2.45. The number of alkyl halides is 3. The summed E-state index contributed by atoms with van der Waals surface area (Å²) in [4.78, 5) is 13.3. The fourth-order valence-electron chi connectivity index (χ4n) is 3.32. The summed E-state index contributed by atoms with van der Waals surface area (Å²) in [6, 6.07) is 8.20. The highest BCUT2D eigenvalue weighted by Crippen LogP contribution is 2.36. The van der Waals surface area contributed by atoms with Crippen molar-refractivity contribution in [3.63, 3.8) is 0 Å². The molecule has 0 fully saturated rings. The number of rotatable bonds is 4. The Hall–Kier alpha value is -2.55. The lowest BCUT2D eigenvalue weighted by Crippen LogP contribution is -2.43. The van der Waals surface area contributed by atoms with Crippen molar-refractivity contribution in [2.75, 3.05) is 11.0 Å². The Morgan fingerprint density at radius 3 is 2.43 bits per heavy atom. The lowest BCUT2D eigenvalue weighted by atomic mass is 9.96. The third-order valence-electron chi connectivity index (χ3n) is 4.67. The van der Waals surface area contributed by atoms with Gasteiger partial charge in [0.15, 0.2) is 0 Å². The average Bonchev–Trinajstić information content (AvgIpc) is 2.89. The van der Waals surface area contributed by atoms with Crippen molar-refractivity contribution >= 4 is 21.6 Å². The number of carbonyl (C=O) groups is 1. The van der Waals surface area contributed by atoms with Crippen LogP contribution in [0, 0.1) is 6.92 Å². The van der Waals surface area contributed by atoms with Crippen LogP contribution < -0.4 is 4.72 Å². The number of amides is 1. The van der Waals surface area contributed by atoms with E-state index in [0.717, 1.165) is 18.1 Å². The van der Waals surface area contributed by atoms with Crippen LogP contribution in [0.1, 0.15) is 28.4 Å². The van der Waals surface area contributed by atoms with E-state index in [2.05, 4.69) is 4.72 Å². The largest absolute Gasteiger partial charge is 0.408 e. The summed E-state index contributed by atoms with van der Waals surface area (Å²) < 4.78 is 64.5. The lowest BCUT2D eigenvalue weighted by molar-refractivity contribution is -0.172. The van der Waals surface area contributed by atoms with E-state index >= 15 is 0 Å². The topological polar surface area (TPSA) is 66.5 Å². The molecule has 1 amide bonds. The van der Waals surface area contributed by atoms with Gasteiger partial charge in [0.2, 0.25) is 10.0 Å². The number of anilines is 1. The van der Waals surface area contributed by atoms with E-state index in [1.807, 2.05) is 0 Å². The number of fused-ring (bicyclic) bond motifs is 1. The molecule has 0 radical (unpaired) electrons. The van der Waals surface area contributed by atoms with E-state index in [4.69, 9.17) is 0 Å². The highest BCUT2D eigenvalue weighted by molar-refractivity contribution is 7.92. The summed E-state index contributed by atoms with van der Waals surface area (Å²) in [5.41, 5.74) is 3.16. The molecule has 1 atom stereocenters. The summed E-state index contributed by atoms with van der Waals surface area (Å²) in [5.74, 6) is -0.628. The van der Waals surface area contributed by atoms with Gasteiger partial charge >= 0.3 is 6.18 Å². The average molecular weight is 412 g/mol. The second kappa shape index (κ2) is 6.80. The zero-order valence-corrected chi connectivity index (χ0v) is 16.3. The van der Waals surface area contributed by atoms with Gasteiger partial charge in [0.05, 0.1) is 6.26 Å². The molecule has 0 spiro atoms. The van der Waals surface area contributed by atoms with Crippen LogP contribution in [-0.4, -0.2) is 37.7 Å². The Morgan fingerprint density at radius 2 is 1.82 bits per heavy atom. The van der Waals surface area contributed by atoms with Gasteiger partial charge in [0.1, 0.15) is 6.04 Å². The second-order valence-electron chi connectivity index (χ2n) is 6.93. The van der Waals surface area contributed by atoms with Crippen LogP contribution in [0.25, 0.3) is 11.1 Å². The molecule has 1 aliphatic heterocycles. The van der Waals surface area contributed by atoms with E-state index in [9.17, 15) is 26.4 Å². The first kappa shape index (κ1) is 20.2. The van der Waals surface area contributed by atoms with E-state index in [1.165, 1.54) is 0 Å². The molecule has 5 nitrogen and oxygen atoms in total. The molecular formula is C19H19F3N2O3S. The van der Waals surface area contributed by atoms with Crippen LogP contribution >= 0.6 is 0 Å². The number of nitrogens with zero attached hydrogens (tertiary/aromatic N) is 1. The van der Waals surface area contributed by atoms with Gasteiger partial charge in [-0.1, -0.05) is 18.2 Å². The maximum absolute atomic E-state index is 13.1. The molecule has 0 bridgehead atoms. The summed E-state index contributed by atoms with van der Waals surface area (Å²) in [6.45, 7) is 2.53. The molecule has 0 saturated heterocycles. The Balaban J connectivity index is 1.99. The second-order valence-corrected chi connectivity index (χ2v) is 8.68. The van der Waals surface area contributed by atoms with E-state index in [1.54, 1.807) is 43.3 Å². The number of halogens is 3. The Labute approximate surface area is 161 Å². The van der Waals surface area contributed by atoms with Crippen LogP contribution in [0.5, 0.6) is 0 Å². The number of benzene rings is 2. The van der Waals surface area contributed by atoms with Gasteiger partial charge in [-0.15, -0.1) is 0 Å². The molecule has 9 heteroatoms. The molecule has 0 aromatic heterocycles. The van der Waals surface area contributed by atoms with Gasteiger partial charge in [-0.2, -0.15) is 13.2 Å². The maximum atomic E-state index is 13.1. The normalized spacial score (nSPS) is 15.5. The molecule has 1 aliphatic rings. The molecule has 2 aromatic carbocycles. The minimum Gasteiger partial charge on any atom is -0.322 e. The third kappa shape index (κ3) is 3.99. The Kier molecular flexibility index (Phi) is 4.91. The molecule has 0 aliphatic carbocycles. The zero-order valence-electron chi connectivity index (χ0n) is 15.5. The standard InChI is InChI=1S/C19H19F3N2O3S/c1-11-7-14(13-5-4-6-16(9-13)23-28(3,26)27)8-15-10-24(18(25)17(11)15)12(2)19(20,21)22/h4-9,12,23H,10H2,1-3H3. The summed E-state index contributed by atoms with van der Waals surface area (Å²) in [7, 11) is -3.44. The predicted octanol–water partition coefficient (Wildman–Crippen LogP) is 3.94. The van der Waals surface area contributed by atoms with Crippen LogP contribution in [0.3, 0.4) is 0 Å². The van der Waals surface area contributed by atoms with E-state index in [-0.39, 0.29) is 6.54 Å². The number of hydrogen-bond acceptors (Lipinski definition) is 3. The van der Waals surface area contributed by atoms with Crippen molar-refractivity contribution < 1.29 is 26.4 Å². The van der Waals surface area contributed by atoms with Crippen LogP contribution in [0.2, 0.25) is 0 Å². The molecule has 1 N–H and O–H groups in total. The van der Waals surface area contributed by atoms with Gasteiger partial charge in [-0.25, -0.2) is 8.42 Å². The summed E-state index contributed by atoms with van der Waals surface area (Å²) in [6.07, 6.45) is -3.46. The predicted molar refractivity (Wildman–Crippen MR) is 100 cm³/mol. The fraction of sp³-hybridized carbons (Fsp3) is 0.316. The zero-order chi connectivity index (χ0) is 20.9. The monoisotopic (exact) mass is 412 g/mol. The molecule has 28 heavy (non-hydrogen) atoms. The quantitative estimate of drug-likeness (QED) is 0.827. The minimum atomic E-state index is -4.50. The number of sulfonamides is 1. The molecule has 0 saturated carbocycles.